The molecule has 0 aliphatic carbocycles. The zero-order chi connectivity index (χ0) is 20.3. The molecular formula is C22H27ClN2O3. The number of halogens is 1. The topological polar surface area (TPSA) is 50.8 Å². The minimum absolute atomic E-state index is 0.0417. The van der Waals surface area contributed by atoms with Crippen LogP contribution >= 0.6 is 11.6 Å². The van der Waals surface area contributed by atoms with Crippen molar-refractivity contribution in [3.05, 3.63) is 58.1 Å². The van der Waals surface area contributed by atoms with Crippen molar-refractivity contribution >= 4 is 17.5 Å². The molecule has 1 aliphatic rings. The predicted octanol–water partition coefficient (Wildman–Crippen LogP) is 4.09. The first-order valence-electron chi connectivity index (χ1n) is 9.54. The molecule has 0 saturated heterocycles. The Morgan fingerprint density at radius 1 is 1.25 bits per heavy atom. The van der Waals surface area contributed by atoms with Crippen LogP contribution in [0.5, 0.6) is 11.5 Å². The quantitative estimate of drug-likeness (QED) is 0.790. The molecule has 1 aliphatic heterocycles. The number of amides is 1. The maximum Gasteiger partial charge on any atom is 0.253 e. The maximum atomic E-state index is 12.8. The largest absolute Gasteiger partial charge is 0.493 e. The van der Waals surface area contributed by atoms with E-state index in [1.54, 1.807) is 26.4 Å². The number of nitrogens with zero attached hydrogens (tertiary/aromatic N) is 1. The SMILES string of the molecule is CCN1CCc2cc(OC)c(OC)cc2C1C(C)NC(=O)c1ccccc1Cl. The molecule has 3 rings (SSSR count). The lowest BCUT2D eigenvalue weighted by atomic mass is 9.88. The summed E-state index contributed by atoms with van der Waals surface area (Å²) in [6.07, 6.45) is 0.936. The van der Waals surface area contributed by atoms with Crippen LogP contribution in [0, 0.1) is 0 Å². The molecule has 6 heteroatoms. The van der Waals surface area contributed by atoms with Crippen molar-refractivity contribution in [1.82, 2.24) is 10.2 Å². The second-order valence-corrected chi connectivity index (χ2v) is 7.38. The van der Waals surface area contributed by atoms with E-state index >= 15 is 0 Å². The second-order valence-electron chi connectivity index (χ2n) is 6.97. The van der Waals surface area contributed by atoms with E-state index in [0.29, 0.717) is 16.3 Å². The van der Waals surface area contributed by atoms with Crippen LogP contribution < -0.4 is 14.8 Å². The zero-order valence-corrected chi connectivity index (χ0v) is 17.5. The van der Waals surface area contributed by atoms with E-state index in [1.807, 2.05) is 25.1 Å². The lowest BCUT2D eigenvalue weighted by Gasteiger charge is -2.40. The third-order valence-electron chi connectivity index (χ3n) is 5.38. The van der Waals surface area contributed by atoms with Crippen molar-refractivity contribution in [3.8, 4) is 11.5 Å². The van der Waals surface area contributed by atoms with E-state index in [4.69, 9.17) is 21.1 Å². The number of hydrogen-bond acceptors (Lipinski definition) is 4. The average molecular weight is 403 g/mol. The van der Waals surface area contributed by atoms with E-state index in [1.165, 1.54) is 5.56 Å². The van der Waals surface area contributed by atoms with Crippen LogP contribution in [0.1, 0.15) is 41.4 Å². The van der Waals surface area contributed by atoms with Crippen molar-refractivity contribution in [2.75, 3.05) is 27.3 Å². The number of nitrogens with one attached hydrogen (secondary N) is 1. The molecule has 2 aromatic rings. The van der Waals surface area contributed by atoms with Gasteiger partial charge in [0.25, 0.3) is 5.91 Å². The summed E-state index contributed by atoms with van der Waals surface area (Å²) in [4.78, 5) is 15.2. The van der Waals surface area contributed by atoms with Crippen LogP contribution in [-0.2, 0) is 6.42 Å². The van der Waals surface area contributed by atoms with Crippen LogP contribution in [-0.4, -0.2) is 44.2 Å². The second kappa shape index (κ2) is 8.84. The highest BCUT2D eigenvalue weighted by molar-refractivity contribution is 6.33. The summed E-state index contributed by atoms with van der Waals surface area (Å²) < 4.78 is 11.0. The molecule has 0 aromatic heterocycles. The number of likely N-dealkylation sites (N-methyl/N-ethyl adjacent to an activating group) is 1. The summed E-state index contributed by atoms with van der Waals surface area (Å²) in [6.45, 7) is 6.00. The van der Waals surface area contributed by atoms with Gasteiger partial charge in [0.05, 0.1) is 30.8 Å². The van der Waals surface area contributed by atoms with Crippen molar-refractivity contribution in [2.45, 2.75) is 32.4 Å². The van der Waals surface area contributed by atoms with Gasteiger partial charge in [0.2, 0.25) is 0 Å². The van der Waals surface area contributed by atoms with Crippen LogP contribution in [0.25, 0.3) is 0 Å². The van der Waals surface area contributed by atoms with Crippen molar-refractivity contribution in [3.63, 3.8) is 0 Å². The molecule has 5 nitrogen and oxygen atoms in total. The summed E-state index contributed by atoms with van der Waals surface area (Å²) >= 11 is 6.20. The third kappa shape index (κ3) is 3.96. The Hall–Kier alpha value is -2.24. The fourth-order valence-corrected chi connectivity index (χ4v) is 4.20. The molecule has 2 atom stereocenters. The van der Waals surface area contributed by atoms with Gasteiger partial charge in [0.15, 0.2) is 11.5 Å². The van der Waals surface area contributed by atoms with Crippen molar-refractivity contribution in [1.29, 1.82) is 0 Å². The fraction of sp³-hybridized carbons (Fsp3) is 0.409. The van der Waals surface area contributed by atoms with Crippen LogP contribution in [0.15, 0.2) is 36.4 Å². The standard InChI is InChI=1S/C22H27ClN2O3/c1-5-25-11-10-15-12-19(27-3)20(28-4)13-17(15)21(25)14(2)24-22(26)16-8-6-7-9-18(16)23/h6-9,12-14,21H,5,10-11H2,1-4H3,(H,24,26). The lowest BCUT2D eigenvalue weighted by molar-refractivity contribution is 0.0889. The van der Waals surface area contributed by atoms with Gasteiger partial charge < -0.3 is 14.8 Å². The summed E-state index contributed by atoms with van der Waals surface area (Å²) in [6, 6.07) is 11.1. The summed E-state index contributed by atoms with van der Waals surface area (Å²) in [5.74, 6) is 1.27. The Bertz CT molecular complexity index is 856. The number of hydrogen-bond donors (Lipinski definition) is 1. The molecule has 0 fully saturated rings. The van der Waals surface area contributed by atoms with Gasteiger partial charge >= 0.3 is 0 Å². The fourth-order valence-electron chi connectivity index (χ4n) is 3.98. The van der Waals surface area contributed by atoms with Gasteiger partial charge in [-0.15, -0.1) is 0 Å². The first-order valence-corrected chi connectivity index (χ1v) is 9.92. The van der Waals surface area contributed by atoms with Crippen molar-refractivity contribution < 1.29 is 14.3 Å². The number of methoxy groups -OCH3 is 2. The van der Waals surface area contributed by atoms with E-state index in [2.05, 4.69) is 23.2 Å². The van der Waals surface area contributed by atoms with E-state index in [-0.39, 0.29) is 18.0 Å². The normalized spacial score (nSPS) is 17.5. The van der Waals surface area contributed by atoms with E-state index in [0.717, 1.165) is 30.8 Å². The number of ether oxygens (including phenoxy) is 2. The van der Waals surface area contributed by atoms with Crippen LogP contribution in [0.3, 0.4) is 0 Å². The Balaban J connectivity index is 1.93. The lowest BCUT2D eigenvalue weighted by Crippen LogP contribution is -2.47. The Labute approximate surface area is 171 Å². The first kappa shape index (κ1) is 20.5. The highest BCUT2D eigenvalue weighted by Gasteiger charge is 2.33. The van der Waals surface area contributed by atoms with Crippen LogP contribution in [0.4, 0.5) is 0 Å². The molecule has 0 bridgehead atoms. The van der Waals surface area contributed by atoms with Gasteiger partial charge in [0.1, 0.15) is 0 Å². The number of benzene rings is 2. The number of carbonyl (C=O) groups excluding carboxylic acids is 1. The minimum Gasteiger partial charge on any atom is -0.493 e. The van der Waals surface area contributed by atoms with Gasteiger partial charge in [-0.05, 0) is 55.3 Å². The monoisotopic (exact) mass is 402 g/mol. The average Bonchev–Trinajstić information content (AvgIpc) is 2.71. The van der Waals surface area contributed by atoms with Crippen LogP contribution in [0.2, 0.25) is 5.02 Å². The zero-order valence-electron chi connectivity index (χ0n) is 16.8. The molecule has 2 unspecified atom stereocenters. The highest BCUT2D eigenvalue weighted by Crippen LogP contribution is 2.39. The minimum atomic E-state index is -0.165. The van der Waals surface area contributed by atoms with Gasteiger partial charge in [-0.3, -0.25) is 9.69 Å². The summed E-state index contributed by atoms with van der Waals surface area (Å²) in [7, 11) is 3.29. The molecule has 0 spiro atoms. The van der Waals surface area contributed by atoms with Gasteiger partial charge in [0, 0.05) is 12.6 Å². The van der Waals surface area contributed by atoms with Gasteiger partial charge in [-0.1, -0.05) is 30.7 Å². The Kier molecular flexibility index (Phi) is 6.47. The molecule has 28 heavy (non-hydrogen) atoms. The number of rotatable bonds is 6. The molecule has 1 heterocycles. The van der Waals surface area contributed by atoms with Gasteiger partial charge in [-0.25, -0.2) is 0 Å². The summed E-state index contributed by atoms with van der Waals surface area (Å²) in [5.41, 5.74) is 2.88. The molecule has 0 saturated carbocycles. The molecule has 2 aromatic carbocycles. The van der Waals surface area contributed by atoms with E-state index in [9.17, 15) is 4.79 Å². The smallest absolute Gasteiger partial charge is 0.253 e. The van der Waals surface area contributed by atoms with Crippen molar-refractivity contribution in [2.24, 2.45) is 0 Å². The Morgan fingerprint density at radius 3 is 2.57 bits per heavy atom. The molecule has 1 amide bonds. The third-order valence-corrected chi connectivity index (χ3v) is 5.71. The first-order chi connectivity index (χ1) is 13.5. The molecule has 150 valence electrons. The molecular weight excluding hydrogens is 376 g/mol. The Morgan fingerprint density at radius 2 is 1.93 bits per heavy atom. The highest BCUT2D eigenvalue weighted by atomic mass is 35.5. The van der Waals surface area contributed by atoms with E-state index < -0.39 is 0 Å². The predicted molar refractivity (Wildman–Crippen MR) is 112 cm³/mol. The summed E-state index contributed by atoms with van der Waals surface area (Å²) in [5, 5.41) is 3.59. The number of fused-ring (bicyclic) bond motifs is 1. The molecule has 0 radical (unpaired) electrons. The number of carbonyl (C=O) groups is 1. The van der Waals surface area contributed by atoms with Gasteiger partial charge in [-0.2, -0.15) is 0 Å². The maximum absolute atomic E-state index is 12.8. The molecule has 1 N–H and O–H groups in total.